The summed E-state index contributed by atoms with van der Waals surface area (Å²) >= 11 is 0. The lowest BCUT2D eigenvalue weighted by Crippen LogP contribution is -2.00. The molecular formula is C7H9NO3. The molecule has 4 heteroatoms. The van der Waals surface area contributed by atoms with Gasteiger partial charge in [0.1, 0.15) is 0 Å². The second kappa shape index (κ2) is 4.27. The number of hydrogen-bond donors (Lipinski definition) is 1. The van der Waals surface area contributed by atoms with Crippen LogP contribution < -0.4 is 0 Å². The number of allylic oxidation sites excluding steroid dienone is 3. The van der Waals surface area contributed by atoms with Crippen molar-refractivity contribution in [1.82, 2.24) is 0 Å². The average Bonchev–Trinajstić information content (AvgIpc) is 1.98. The first kappa shape index (κ1) is 9.42. The molecule has 0 amide bonds. The Labute approximate surface area is 64.3 Å². The summed E-state index contributed by atoms with van der Waals surface area (Å²) in [7, 11) is 0. The molecule has 0 heterocycles. The van der Waals surface area contributed by atoms with Gasteiger partial charge in [0.2, 0.25) is 0 Å². The molecule has 0 unspecified atom stereocenters. The van der Waals surface area contributed by atoms with Gasteiger partial charge in [-0.2, -0.15) is 0 Å². The summed E-state index contributed by atoms with van der Waals surface area (Å²) in [5.41, 5.74) is -0.345. The predicted molar refractivity (Wildman–Crippen MR) is 41.7 cm³/mol. The van der Waals surface area contributed by atoms with E-state index in [2.05, 4.69) is 6.58 Å². The van der Waals surface area contributed by atoms with Crippen molar-refractivity contribution >= 4 is 0 Å². The van der Waals surface area contributed by atoms with Gasteiger partial charge in [0.15, 0.2) is 5.76 Å². The van der Waals surface area contributed by atoms with Crippen LogP contribution >= 0.6 is 0 Å². The van der Waals surface area contributed by atoms with E-state index >= 15 is 0 Å². The third-order valence-electron chi connectivity index (χ3n) is 1.01. The molecule has 60 valence electrons. The van der Waals surface area contributed by atoms with Crippen molar-refractivity contribution in [2.75, 3.05) is 0 Å². The van der Waals surface area contributed by atoms with Gasteiger partial charge in [0.05, 0.1) is 4.92 Å². The second-order valence-electron chi connectivity index (χ2n) is 1.72. The molecule has 0 aromatic heterocycles. The summed E-state index contributed by atoms with van der Waals surface area (Å²) < 4.78 is 0. The first-order valence-electron chi connectivity index (χ1n) is 2.96. The summed E-state index contributed by atoms with van der Waals surface area (Å²) in [6, 6.07) is 0. The molecule has 0 aliphatic heterocycles. The molecule has 0 saturated heterocycles. The molecule has 0 fully saturated rings. The van der Waals surface area contributed by atoms with Gasteiger partial charge in [-0.25, -0.2) is 0 Å². The lowest BCUT2D eigenvalue weighted by Gasteiger charge is -1.93. The highest BCUT2D eigenvalue weighted by Crippen LogP contribution is 2.06. The van der Waals surface area contributed by atoms with Gasteiger partial charge in [0, 0.05) is 6.08 Å². The van der Waals surface area contributed by atoms with Crippen molar-refractivity contribution in [3.8, 4) is 0 Å². The molecule has 0 saturated carbocycles. The minimum Gasteiger partial charge on any atom is -0.502 e. The van der Waals surface area contributed by atoms with Crippen LogP contribution in [0.2, 0.25) is 0 Å². The summed E-state index contributed by atoms with van der Waals surface area (Å²) in [4.78, 5) is 9.51. The molecule has 0 aliphatic carbocycles. The van der Waals surface area contributed by atoms with Crippen LogP contribution in [0.4, 0.5) is 0 Å². The van der Waals surface area contributed by atoms with Gasteiger partial charge in [-0.05, 0) is 13.0 Å². The fourth-order valence-electron chi connectivity index (χ4n) is 0.499. The number of rotatable bonds is 3. The van der Waals surface area contributed by atoms with Gasteiger partial charge < -0.3 is 5.11 Å². The molecule has 1 N–H and O–H groups in total. The molecule has 0 aliphatic rings. The van der Waals surface area contributed by atoms with Gasteiger partial charge in [-0.1, -0.05) is 12.7 Å². The molecule has 0 aromatic rings. The number of nitro groups is 1. The van der Waals surface area contributed by atoms with Crippen LogP contribution in [0.25, 0.3) is 0 Å². The maximum Gasteiger partial charge on any atom is 0.310 e. The third kappa shape index (κ3) is 2.66. The summed E-state index contributed by atoms with van der Waals surface area (Å²) in [5, 5.41) is 19.1. The molecule has 4 nitrogen and oxygen atoms in total. The minimum absolute atomic E-state index is 0.345. The SMILES string of the molecule is C=C/C=C(\C(O)=C/C)[N+](=O)[O-]. The minimum atomic E-state index is -0.670. The van der Waals surface area contributed by atoms with Crippen molar-refractivity contribution in [1.29, 1.82) is 0 Å². The van der Waals surface area contributed by atoms with Crippen LogP contribution in [-0.4, -0.2) is 10.0 Å². The Morgan fingerprint density at radius 3 is 2.55 bits per heavy atom. The van der Waals surface area contributed by atoms with E-state index in [4.69, 9.17) is 5.11 Å². The molecule has 0 bridgehead atoms. The zero-order valence-corrected chi connectivity index (χ0v) is 6.15. The maximum atomic E-state index is 10.2. The summed E-state index contributed by atoms with van der Waals surface area (Å²) in [6.45, 7) is 4.79. The first-order chi connectivity index (χ1) is 5.13. The first-order valence-corrected chi connectivity index (χ1v) is 2.96. The smallest absolute Gasteiger partial charge is 0.310 e. The Kier molecular flexibility index (Phi) is 3.66. The Bertz CT molecular complexity index is 228. The van der Waals surface area contributed by atoms with E-state index in [0.29, 0.717) is 0 Å². The highest BCUT2D eigenvalue weighted by molar-refractivity contribution is 5.20. The zero-order valence-electron chi connectivity index (χ0n) is 6.15. The van der Waals surface area contributed by atoms with E-state index in [9.17, 15) is 10.1 Å². The Balaban J connectivity index is 4.76. The quantitative estimate of drug-likeness (QED) is 0.292. The van der Waals surface area contributed by atoms with Crippen molar-refractivity contribution in [3.05, 3.63) is 46.4 Å². The van der Waals surface area contributed by atoms with E-state index < -0.39 is 4.92 Å². The van der Waals surface area contributed by atoms with Crippen LogP contribution in [0.3, 0.4) is 0 Å². The molecular weight excluding hydrogens is 146 g/mol. The molecule has 0 radical (unpaired) electrons. The number of aliphatic hydroxyl groups is 1. The number of hydrogen-bond acceptors (Lipinski definition) is 3. The van der Waals surface area contributed by atoms with Gasteiger partial charge in [-0.3, -0.25) is 10.1 Å². The molecule has 0 atom stereocenters. The molecule has 11 heavy (non-hydrogen) atoms. The highest BCUT2D eigenvalue weighted by atomic mass is 16.6. The fraction of sp³-hybridized carbons (Fsp3) is 0.143. The number of aliphatic hydroxyl groups excluding tert-OH is 1. The van der Waals surface area contributed by atoms with Crippen molar-refractivity contribution in [2.24, 2.45) is 0 Å². The third-order valence-corrected chi connectivity index (χ3v) is 1.01. The predicted octanol–water partition coefficient (Wildman–Crippen LogP) is 1.79. The van der Waals surface area contributed by atoms with Crippen molar-refractivity contribution < 1.29 is 10.0 Å². The van der Waals surface area contributed by atoms with E-state index in [1.807, 2.05) is 0 Å². The van der Waals surface area contributed by atoms with Crippen LogP contribution in [0.15, 0.2) is 36.3 Å². The van der Waals surface area contributed by atoms with E-state index in [1.54, 1.807) is 0 Å². The second-order valence-corrected chi connectivity index (χ2v) is 1.72. The molecule has 0 spiro atoms. The molecule has 0 rings (SSSR count). The highest BCUT2D eigenvalue weighted by Gasteiger charge is 2.13. The van der Waals surface area contributed by atoms with E-state index in [0.717, 1.165) is 6.08 Å². The van der Waals surface area contributed by atoms with Gasteiger partial charge in [0.25, 0.3) is 0 Å². The number of nitrogens with zero attached hydrogens (tertiary/aromatic N) is 1. The van der Waals surface area contributed by atoms with E-state index in [-0.39, 0.29) is 11.5 Å². The van der Waals surface area contributed by atoms with Crippen molar-refractivity contribution in [3.63, 3.8) is 0 Å². The Morgan fingerprint density at radius 1 is 1.73 bits per heavy atom. The normalized spacial score (nSPS) is 12.8. The maximum absolute atomic E-state index is 10.2. The van der Waals surface area contributed by atoms with Gasteiger partial charge >= 0.3 is 5.70 Å². The van der Waals surface area contributed by atoms with Crippen LogP contribution in [0.5, 0.6) is 0 Å². The Morgan fingerprint density at radius 2 is 2.27 bits per heavy atom. The van der Waals surface area contributed by atoms with E-state index in [1.165, 1.54) is 19.1 Å². The summed E-state index contributed by atoms with van der Waals surface area (Å²) in [6.07, 6.45) is 3.63. The summed E-state index contributed by atoms with van der Waals surface area (Å²) in [5.74, 6) is -0.352. The van der Waals surface area contributed by atoms with Crippen molar-refractivity contribution in [2.45, 2.75) is 6.92 Å². The van der Waals surface area contributed by atoms with Crippen LogP contribution in [-0.2, 0) is 0 Å². The largest absolute Gasteiger partial charge is 0.502 e. The fourth-order valence-corrected chi connectivity index (χ4v) is 0.499. The average molecular weight is 155 g/mol. The van der Waals surface area contributed by atoms with Crippen LogP contribution in [0.1, 0.15) is 6.92 Å². The molecule has 0 aromatic carbocycles. The van der Waals surface area contributed by atoms with Gasteiger partial charge in [-0.15, -0.1) is 0 Å². The zero-order chi connectivity index (χ0) is 8.85. The van der Waals surface area contributed by atoms with Crippen LogP contribution in [0, 0.1) is 10.1 Å². The topological polar surface area (TPSA) is 63.4 Å². The lowest BCUT2D eigenvalue weighted by molar-refractivity contribution is -0.423. The standard InChI is InChI=1S/C7H9NO3/c1-3-5-6(8(10)11)7(9)4-2/h3-5,9H,1H2,2H3/b6-5+,7-4+. The lowest BCUT2D eigenvalue weighted by atomic mass is 10.3. The Hall–Kier alpha value is -1.58. The monoisotopic (exact) mass is 155 g/mol.